The van der Waals surface area contributed by atoms with Crippen molar-refractivity contribution in [3.8, 4) is 0 Å². The molecule has 1 N–H and O–H groups in total. The van der Waals surface area contributed by atoms with Gasteiger partial charge in [0.15, 0.2) is 0 Å². The average Bonchev–Trinajstić information content (AvgIpc) is 2.73. The quantitative estimate of drug-likeness (QED) is 0.916. The first kappa shape index (κ1) is 15.7. The van der Waals surface area contributed by atoms with Crippen LogP contribution in [0.25, 0.3) is 0 Å². The Morgan fingerprint density at radius 3 is 2.52 bits per heavy atom. The molecular formula is C15H17BrFN3O. The molecule has 112 valence electrons. The molecule has 1 aromatic heterocycles. The van der Waals surface area contributed by atoms with Crippen molar-refractivity contribution in [1.82, 2.24) is 15.1 Å². The Balaban J connectivity index is 2.02. The molecule has 0 aliphatic heterocycles. The molecule has 0 fully saturated rings. The van der Waals surface area contributed by atoms with E-state index in [0.29, 0.717) is 6.54 Å². The zero-order chi connectivity index (χ0) is 15.6. The van der Waals surface area contributed by atoms with E-state index < -0.39 is 6.04 Å². The van der Waals surface area contributed by atoms with E-state index in [-0.39, 0.29) is 11.7 Å². The molecule has 0 aliphatic rings. The molecule has 6 heteroatoms. The Bertz CT molecular complexity index is 652. The van der Waals surface area contributed by atoms with Gasteiger partial charge in [-0.3, -0.25) is 9.48 Å². The number of amides is 1. The van der Waals surface area contributed by atoms with Crippen molar-refractivity contribution in [3.63, 3.8) is 0 Å². The molecule has 1 unspecified atom stereocenters. The third-order valence-electron chi connectivity index (χ3n) is 3.36. The molecule has 21 heavy (non-hydrogen) atoms. The smallest absolute Gasteiger partial charge is 0.244 e. The Labute approximate surface area is 131 Å². The van der Waals surface area contributed by atoms with Crippen LogP contribution < -0.4 is 5.32 Å². The lowest BCUT2D eigenvalue weighted by atomic mass is 10.2. The number of aryl methyl sites for hydroxylation is 1. The van der Waals surface area contributed by atoms with E-state index >= 15 is 0 Å². The van der Waals surface area contributed by atoms with Crippen molar-refractivity contribution >= 4 is 21.8 Å². The summed E-state index contributed by atoms with van der Waals surface area (Å²) in [5.41, 5.74) is 2.62. The number of nitrogens with one attached hydrogen (secondary N) is 1. The van der Waals surface area contributed by atoms with Crippen LogP contribution in [0.1, 0.15) is 29.9 Å². The molecule has 1 aromatic carbocycles. The highest BCUT2D eigenvalue weighted by Crippen LogP contribution is 2.22. The van der Waals surface area contributed by atoms with E-state index in [1.54, 1.807) is 23.7 Å². The zero-order valence-electron chi connectivity index (χ0n) is 12.2. The van der Waals surface area contributed by atoms with Crippen LogP contribution in [-0.4, -0.2) is 15.7 Å². The highest BCUT2D eigenvalue weighted by atomic mass is 79.9. The van der Waals surface area contributed by atoms with Gasteiger partial charge in [-0.25, -0.2) is 4.39 Å². The van der Waals surface area contributed by atoms with Crippen LogP contribution in [0.4, 0.5) is 4.39 Å². The predicted molar refractivity (Wildman–Crippen MR) is 82.4 cm³/mol. The largest absolute Gasteiger partial charge is 0.350 e. The highest BCUT2D eigenvalue weighted by Gasteiger charge is 2.19. The van der Waals surface area contributed by atoms with Gasteiger partial charge in [-0.05, 0) is 54.4 Å². The van der Waals surface area contributed by atoms with Gasteiger partial charge in [0.05, 0.1) is 15.9 Å². The number of hydrogen-bond donors (Lipinski definition) is 1. The summed E-state index contributed by atoms with van der Waals surface area (Å²) in [6, 6.07) is 5.65. The van der Waals surface area contributed by atoms with Crippen LogP contribution in [0.15, 0.2) is 28.7 Å². The van der Waals surface area contributed by atoms with Crippen LogP contribution in [-0.2, 0) is 11.3 Å². The predicted octanol–water partition coefficient (Wildman–Crippen LogP) is 3.28. The molecule has 1 atom stereocenters. The molecule has 4 nitrogen and oxygen atoms in total. The third-order valence-corrected chi connectivity index (χ3v) is 4.51. The van der Waals surface area contributed by atoms with Gasteiger partial charge < -0.3 is 5.32 Å². The number of nitrogens with zero attached hydrogens (tertiary/aromatic N) is 2. The van der Waals surface area contributed by atoms with Crippen molar-refractivity contribution in [1.29, 1.82) is 0 Å². The van der Waals surface area contributed by atoms with Gasteiger partial charge in [-0.2, -0.15) is 5.10 Å². The molecule has 2 aromatic rings. The van der Waals surface area contributed by atoms with Gasteiger partial charge in [0, 0.05) is 6.54 Å². The van der Waals surface area contributed by atoms with Gasteiger partial charge in [-0.15, -0.1) is 0 Å². The molecule has 1 amide bonds. The minimum atomic E-state index is -0.407. The van der Waals surface area contributed by atoms with Gasteiger partial charge in [0.1, 0.15) is 11.9 Å². The van der Waals surface area contributed by atoms with Gasteiger partial charge in [-0.1, -0.05) is 12.1 Å². The second kappa shape index (κ2) is 6.39. The molecule has 0 radical (unpaired) electrons. The maximum atomic E-state index is 12.8. The molecule has 0 bridgehead atoms. The maximum absolute atomic E-state index is 12.8. The molecule has 2 rings (SSSR count). The lowest BCUT2D eigenvalue weighted by Gasteiger charge is -2.14. The van der Waals surface area contributed by atoms with Crippen molar-refractivity contribution in [2.75, 3.05) is 0 Å². The van der Waals surface area contributed by atoms with Crippen molar-refractivity contribution in [2.45, 2.75) is 33.4 Å². The zero-order valence-corrected chi connectivity index (χ0v) is 13.7. The maximum Gasteiger partial charge on any atom is 0.244 e. The summed E-state index contributed by atoms with van der Waals surface area (Å²) < 4.78 is 15.4. The van der Waals surface area contributed by atoms with Crippen LogP contribution in [0, 0.1) is 19.7 Å². The number of benzene rings is 1. The van der Waals surface area contributed by atoms with Crippen LogP contribution >= 0.6 is 15.9 Å². The molecule has 1 heterocycles. The Hall–Kier alpha value is -1.69. The first-order valence-electron chi connectivity index (χ1n) is 6.63. The number of carbonyl (C=O) groups is 1. The summed E-state index contributed by atoms with van der Waals surface area (Å²) in [6.45, 7) is 5.96. The van der Waals surface area contributed by atoms with Crippen LogP contribution in [0.2, 0.25) is 0 Å². The Kier molecular flexibility index (Phi) is 4.77. The van der Waals surface area contributed by atoms with Gasteiger partial charge in [0.2, 0.25) is 5.91 Å². The molecule has 0 aliphatic carbocycles. The fourth-order valence-electron chi connectivity index (χ4n) is 2.07. The summed E-state index contributed by atoms with van der Waals surface area (Å²) in [5.74, 6) is -0.414. The van der Waals surface area contributed by atoms with Crippen molar-refractivity contribution < 1.29 is 9.18 Å². The summed E-state index contributed by atoms with van der Waals surface area (Å²) in [5, 5.41) is 7.19. The lowest BCUT2D eigenvalue weighted by Crippen LogP contribution is -2.31. The van der Waals surface area contributed by atoms with E-state index in [2.05, 4.69) is 26.3 Å². The van der Waals surface area contributed by atoms with Crippen LogP contribution in [0.3, 0.4) is 0 Å². The number of aromatic nitrogens is 2. The van der Waals surface area contributed by atoms with Crippen molar-refractivity contribution in [3.05, 3.63) is 51.5 Å². The molecule has 0 spiro atoms. The van der Waals surface area contributed by atoms with Gasteiger partial charge >= 0.3 is 0 Å². The molecule has 0 saturated carbocycles. The van der Waals surface area contributed by atoms with Gasteiger partial charge in [0.25, 0.3) is 0 Å². The van der Waals surface area contributed by atoms with E-state index in [1.165, 1.54) is 12.1 Å². The summed E-state index contributed by atoms with van der Waals surface area (Å²) in [4.78, 5) is 12.2. The number of carbonyl (C=O) groups excluding carboxylic acids is 1. The standard InChI is InChI=1S/C15H17BrFN3O/c1-9-14(16)10(2)20(19-9)11(3)15(21)18-8-12-4-6-13(17)7-5-12/h4-7,11H,8H2,1-3H3,(H,18,21). The fourth-order valence-corrected chi connectivity index (χ4v) is 2.33. The van der Waals surface area contributed by atoms with E-state index in [1.807, 2.05) is 13.8 Å². The minimum absolute atomic E-state index is 0.127. The molecular weight excluding hydrogens is 337 g/mol. The number of halogens is 2. The SMILES string of the molecule is Cc1nn(C(C)C(=O)NCc2ccc(F)cc2)c(C)c1Br. The topological polar surface area (TPSA) is 46.9 Å². The fraction of sp³-hybridized carbons (Fsp3) is 0.333. The first-order valence-corrected chi connectivity index (χ1v) is 7.42. The first-order chi connectivity index (χ1) is 9.90. The van der Waals surface area contributed by atoms with E-state index in [0.717, 1.165) is 21.4 Å². The second-order valence-electron chi connectivity index (χ2n) is 4.95. The normalized spacial score (nSPS) is 12.2. The number of hydrogen-bond acceptors (Lipinski definition) is 2. The molecule has 0 saturated heterocycles. The summed E-state index contributed by atoms with van der Waals surface area (Å²) >= 11 is 3.45. The third kappa shape index (κ3) is 3.50. The summed E-state index contributed by atoms with van der Waals surface area (Å²) in [7, 11) is 0. The number of rotatable bonds is 4. The Morgan fingerprint density at radius 2 is 2.00 bits per heavy atom. The monoisotopic (exact) mass is 353 g/mol. The highest BCUT2D eigenvalue weighted by molar-refractivity contribution is 9.10. The van der Waals surface area contributed by atoms with E-state index in [4.69, 9.17) is 0 Å². The van der Waals surface area contributed by atoms with Crippen molar-refractivity contribution in [2.24, 2.45) is 0 Å². The van der Waals surface area contributed by atoms with E-state index in [9.17, 15) is 9.18 Å². The minimum Gasteiger partial charge on any atom is -0.350 e. The van der Waals surface area contributed by atoms with Crippen LogP contribution in [0.5, 0.6) is 0 Å². The summed E-state index contributed by atoms with van der Waals surface area (Å²) in [6.07, 6.45) is 0. The lowest BCUT2D eigenvalue weighted by molar-refractivity contribution is -0.124. The second-order valence-corrected chi connectivity index (χ2v) is 5.74. The average molecular weight is 354 g/mol. The Morgan fingerprint density at radius 1 is 1.38 bits per heavy atom.